The first-order valence-electron chi connectivity index (χ1n) is 2.33. The van der Waals surface area contributed by atoms with Gasteiger partial charge in [0.25, 0.3) is 0 Å². The van der Waals surface area contributed by atoms with Crippen molar-refractivity contribution < 1.29 is 9.90 Å². The third-order valence-electron chi connectivity index (χ3n) is 0.731. The Bertz CT molecular complexity index is 84.1. The van der Waals surface area contributed by atoms with Crippen LogP contribution >= 0.6 is 0 Å². The van der Waals surface area contributed by atoms with E-state index in [9.17, 15) is 4.79 Å². The highest BCUT2D eigenvalue weighted by molar-refractivity contribution is 5.72. The minimum atomic E-state index is -0.862. The lowest BCUT2D eigenvalue weighted by atomic mass is 10.4. The molecule has 4 heteroatoms. The Hall–Kier alpha value is -0.610. The highest BCUT2D eigenvalue weighted by Gasteiger charge is 2.06. The standard InChI is InChI=1S/C4H10N2O2/c1-3(4(7)8)6-5-2/h3,5-6H,1-2H3,(H,7,8)/t3-/m1/s1. The third kappa shape index (κ3) is 2.54. The van der Waals surface area contributed by atoms with Gasteiger partial charge in [-0.1, -0.05) is 0 Å². The first-order chi connectivity index (χ1) is 3.68. The summed E-state index contributed by atoms with van der Waals surface area (Å²) in [7, 11) is 1.62. The van der Waals surface area contributed by atoms with Crippen LogP contribution in [0.3, 0.4) is 0 Å². The molecule has 0 heterocycles. The molecule has 0 fully saturated rings. The molecule has 0 amide bonds. The molecule has 0 aliphatic heterocycles. The fourth-order valence-corrected chi connectivity index (χ4v) is 0.278. The average molecular weight is 118 g/mol. The summed E-state index contributed by atoms with van der Waals surface area (Å²) < 4.78 is 0. The molecule has 0 bridgehead atoms. The van der Waals surface area contributed by atoms with Crippen LogP contribution in [-0.4, -0.2) is 24.2 Å². The fourth-order valence-electron chi connectivity index (χ4n) is 0.278. The molecule has 0 radical (unpaired) electrons. The van der Waals surface area contributed by atoms with E-state index in [-0.39, 0.29) is 0 Å². The number of carboxylic acid groups (broad SMARTS) is 1. The van der Waals surface area contributed by atoms with Crippen LogP contribution in [0.5, 0.6) is 0 Å². The van der Waals surface area contributed by atoms with Crippen molar-refractivity contribution in [3.8, 4) is 0 Å². The van der Waals surface area contributed by atoms with Gasteiger partial charge in [0.05, 0.1) is 0 Å². The first-order valence-corrected chi connectivity index (χ1v) is 2.33. The number of nitrogens with one attached hydrogen (secondary N) is 2. The van der Waals surface area contributed by atoms with Crippen LogP contribution < -0.4 is 10.9 Å². The monoisotopic (exact) mass is 118 g/mol. The molecule has 0 aromatic heterocycles. The van der Waals surface area contributed by atoms with Gasteiger partial charge in [-0.05, 0) is 14.0 Å². The fraction of sp³-hybridized carbons (Fsp3) is 0.750. The Labute approximate surface area is 47.9 Å². The first kappa shape index (κ1) is 7.39. The lowest BCUT2D eigenvalue weighted by Crippen LogP contribution is -2.41. The molecule has 4 nitrogen and oxygen atoms in total. The maximum Gasteiger partial charge on any atom is 0.321 e. The smallest absolute Gasteiger partial charge is 0.321 e. The van der Waals surface area contributed by atoms with Crippen LogP contribution in [0.25, 0.3) is 0 Å². The van der Waals surface area contributed by atoms with Crippen molar-refractivity contribution in [3.63, 3.8) is 0 Å². The summed E-state index contributed by atoms with van der Waals surface area (Å²) in [6.07, 6.45) is 0. The predicted octanol–water partition coefficient (Wildman–Crippen LogP) is -0.816. The Balaban J connectivity index is 3.32. The molecule has 48 valence electrons. The number of rotatable bonds is 3. The van der Waals surface area contributed by atoms with Gasteiger partial charge >= 0.3 is 5.97 Å². The van der Waals surface area contributed by atoms with E-state index in [1.54, 1.807) is 14.0 Å². The van der Waals surface area contributed by atoms with Gasteiger partial charge in [0.15, 0.2) is 0 Å². The highest BCUT2D eigenvalue weighted by atomic mass is 16.4. The van der Waals surface area contributed by atoms with Crippen LogP contribution in [0.2, 0.25) is 0 Å². The van der Waals surface area contributed by atoms with Gasteiger partial charge in [0.1, 0.15) is 6.04 Å². The zero-order valence-electron chi connectivity index (χ0n) is 4.93. The van der Waals surface area contributed by atoms with E-state index in [2.05, 4.69) is 10.9 Å². The third-order valence-corrected chi connectivity index (χ3v) is 0.731. The minimum absolute atomic E-state index is 0.528. The Morgan fingerprint density at radius 1 is 1.75 bits per heavy atom. The summed E-state index contributed by atoms with van der Waals surface area (Å²) in [5, 5.41) is 8.21. The van der Waals surface area contributed by atoms with Gasteiger partial charge in [-0.3, -0.25) is 10.2 Å². The Morgan fingerprint density at radius 3 is 2.38 bits per heavy atom. The van der Waals surface area contributed by atoms with Crippen molar-refractivity contribution in [1.82, 2.24) is 10.9 Å². The molecular formula is C4H10N2O2. The minimum Gasteiger partial charge on any atom is -0.480 e. The van der Waals surface area contributed by atoms with Crippen molar-refractivity contribution in [3.05, 3.63) is 0 Å². The van der Waals surface area contributed by atoms with E-state index >= 15 is 0 Å². The van der Waals surface area contributed by atoms with E-state index in [1.807, 2.05) is 0 Å². The number of carbonyl (C=O) groups is 1. The molecule has 0 aromatic carbocycles. The van der Waals surface area contributed by atoms with Crippen molar-refractivity contribution in [1.29, 1.82) is 0 Å². The molecular weight excluding hydrogens is 108 g/mol. The van der Waals surface area contributed by atoms with Crippen molar-refractivity contribution in [2.45, 2.75) is 13.0 Å². The van der Waals surface area contributed by atoms with E-state index in [1.165, 1.54) is 0 Å². The number of hydrogen-bond donors (Lipinski definition) is 3. The second-order valence-electron chi connectivity index (χ2n) is 1.45. The van der Waals surface area contributed by atoms with Gasteiger partial charge in [-0.15, -0.1) is 0 Å². The Kier molecular flexibility index (Phi) is 3.14. The molecule has 0 saturated heterocycles. The molecule has 0 aromatic rings. The largest absolute Gasteiger partial charge is 0.480 e. The average Bonchev–Trinajstić information content (AvgIpc) is 1.67. The molecule has 0 saturated carbocycles. The summed E-state index contributed by atoms with van der Waals surface area (Å²) in [5.41, 5.74) is 5.01. The second kappa shape index (κ2) is 3.40. The van der Waals surface area contributed by atoms with Crippen LogP contribution in [0.1, 0.15) is 6.92 Å². The van der Waals surface area contributed by atoms with Gasteiger partial charge in [0.2, 0.25) is 0 Å². The van der Waals surface area contributed by atoms with E-state index in [0.717, 1.165) is 0 Å². The van der Waals surface area contributed by atoms with Crippen molar-refractivity contribution in [2.75, 3.05) is 7.05 Å². The molecule has 0 rings (SSSR count). The zero-order chi connectivity index (χ0) is 6.57. The van der Waals surface area contributed by atoms with Crippen LogP contribution in [0.4, 0.5) is 0 Å². The summed E-state index contributed by atoms with van der Waals surface area (Å²) in [6, 6.07) is -0.528. The van der Waals surface area contributed by atoms with E-state index in [0.29, 0.717) is 0 Å². The van der Waals surface area contributed by atoms with Gasteiger partial charge in [-0.2, -0.15) is 0 Å². The van der Waals surface area contributed by atoms with Crippen LogP contribution in [0, 0.1) is 0 Å². The van der Waals surface area contributed by atoms with Crippen LogP contribution in [-0.2, 0) is 4.79 Å². The molecule has 8 heavy (non-hydrogen) atoms. The number of carboxylic acids is 1. The SMILES string of the molecule is CNN[C@H](C)C(=O)O. The van der Waals surface area contributed by atoms with Crippen molar-refractivity contribution >= 4 is 5.97 Å². The lowest BCUT2D eigenvalue weighted by Gasteiger charge is -2.04. The maximum atomic E-state index is 9.99. The number of hydrazine groups is 1. The van der Waals surface area contributed by atoms with E-state index in [4.69, 9.17) is 5.11 Å². The molecule has 0 aliphatic rings. The maximum absolute atomic E-state index is 9.99. The molecule has 0 aliphatic carbocycles. The second-order valence-corrected chi connectivity index (χ2v) is 1.45. The topological polar surface area (TPSA) is 61.4 Å². The lowest BCUT2D eigenvalue weighted by molar-refractivity contribution is -0.139. The summed E-state index contributed by atoms with van der Waals surface area (Å²) in [5.74, 6) is -0.862. The molecule has 1 atom stereocenters. The number of hydrogen-bond acceptors (Lipinski definition) is 3. The highest BCUT2D eigenvalue weighted by Crippen LogP contribution is 1.74. The number of aliphatic carboxylic acids is 1. The normalized spacial score (nSPS) is 13.2. The Morgan fingerprint density at radius 2 is 2.25 bits per heavy atom. The van der Waals surface area contributed by atoms with E-state index < -0.39 is 12.0 Å². The predicted molar refractivity (Wildman–Crippen MR) is 29.3 cm³/mol. The van der Waals surface area contributed by atoms with Gasteiger partial charge < -0.3 is 5.11 Å². The summed E-state index contributed by atoms with van der Waals surface area (Å²) in [6.45, 7) is 1.55. The van der Waals surface area contributed by atoms with Gasteiger partial charge in [-0.25, -0.2) is 5.43 Å². The summed E-state index contributed by atoms with van der Waals surface area (Å²) in [4.78, 5) is 9.99. The van der Waals surface area contributed by atoms with Crippen molar-refractivity contribution in [2.24, 2.45) is 0 Å². The van der Waals surface area contributed by atoms with Crippen LogP contribution in [0.15, 0.2) is 0 Å². The molecule has 3 N–H and O–H groups in total. The molecule has 0 spiro atoms. The molecule has 0 unspecified atom stereocenters. The van der Waals surface area contributed by atoms with Gasteiger partial charge in [0, 0.05) is 0 Å². The zero-order valence-corrected chi connectivity index (χ0v) is 4.93. The summed E-state index contributed by atoms with van der Waals surface area (Å²) >= 11 is 0. The quantitative estimate of drug-likeness (QED) is 0.424.